The van der Waals surface area contributed by atoms with E-state index in [-0.39, 0.29) is 12.1 Å². The number of nitrogens with zero attached hydrogens (tertiary/aromatic N) is 2. The summed E-state index contributed by atoms with van der Waals surface area (Å²) < 4.78 is 7.20. The van der Waals surface area contributed by atoms with E-state index in [0.717, 1.165) is 34.3 Å². The lowest BCUT2D eigenvalue weighted by Gasteiger charge is -2.28. The number of aryl methyl sites for hydroxylation is 2. The van der Waals surface area contributed by atoms with Crippen molar-refractivity contribution in [2.75, 3.05) is 4.90 Å². The molecule has 2 aromatic heterocycles. The molecule has 0 spiro atoms. The van der Waals surface area contributed by atoms with Crippen LogP contribution in [0.4, 0.5) is 5.69 Å². The van der Waals surface area contributed by atoms with Crippen LogP contribution in [0.25, 0.3) is 0 Å². The maximum Gasteiger partial charge on any atom is 0.174 e. The van der Waals surface area contributed by atoms with Crippen molar-refractivity contribution in [1.29, 1.82) is 0 Å². The third-order valence-corrected chi connectivity index (χ3v) is 7.54. The number of H-pyrrole nitrogens is 1. The van der Waals surface area contributed by atoms with Crippen LogP contribution in [-0.2, 0) is 0 Å². The van der Waals surface area contributed by atoms with Crippen LogP contribution in [0.3, 0.4) is 0 Å². The molecule has 0 bridgehead atoms. The molecule has 5 nitrogen and oxygen atoms in total. The Morgan fingerprint density at radius 3 is 2.24 bits per heavy atom. The van der Waals surface area contributed by atoms with Gasteiger partial charge in [0.05, 0.1) is 17.8 Å². The third-order valence-electron chi connectivity index (χ3n) is 5.83. The van der Waals surface area contributed by atoms with E-state index in [1.807, 2.05) is 60.8 Å². The van der Waals surface area contributed by atoms with E-state index < -0.39 is 0 Å². The standard InChI is InChI=1S/C26H23IN4OS/c1-16-22(23(27)17(2)29-16)25-24(21-10-6-7-15-28-21)30-26(33)31(25)18-11-13-20(14-12-18)32-19-8-4-3-5-9-19/h3-15,24-25,29H,1-2H3,(H,30,33)/t24-,25-/m1/s1. The summed E-state index contributed by atoms with van der Waals surface area (Å²) in [6.45, 7) is 4.23. The Balaban J connectivity index is 1.54. The van der Waals surface area contributed by atoms with E-state index in [1.165, 1.54) is 9.13 Å². The van der Waals surface area contributed by atoms with E-state index in [9.17, 15) is 0 Å². The van der Waals surface area contributed by atoms with Crippen molar-refractivity contribution in [3.8, 4) is 11.5 Å². The Labute approximate surface area is 212 Å². The van der Waals surface area contributed by atoms with Gasteiger partial charge in [0.15, 0.2) is 5.11 Å². The van der Waals surface area contributed by atoms with Crippen molar-refractivity contribution in [3.63, 3.8) is 0 Å². The molecule has 0 aliphatic carbocycles. The lowest BCUT2D eigenvalue weighted by Crippen LogP contribution is -2.29. The number of anilines is 1. The highest BCUT2D eigenvalue weighted by Crippen LogP contribution is 2.44. The molecule has 1 fully saturated rings. The molecular weight excluding hydrogens is 543 g/mol. The average molecular weight is 566 g/mol. The molecule has 2 atom stereocenters. The highest BCUT2D eigenvalue weighted by Gasteiger charge is 2.43. The summed E-state index contributed by atoms with van der Waals surface area (Å²) in [6.07, 6.45) is 1.83. The fourth-order valence-corrected chi connectivity index (χ4v) is 5.55. The van der Waals surface area contributed by atoms with Gasteiger partial charge in [-0.2, -0.15) is 0 Å². The number of para-hydroxylation sites is 1. The van der Waals surface area contributed by atoms with E-state index in [4.69, 9.17) is 17.0 Å². The van der Waals surface area contributed by atoms with Crippen LogP contribution in [0.15, 0.2) is 79.0 Å². The molecule has 0 radical (unpaired) electrons. The minimum atomic E-state index is -0.0682. The number of aromatic amines is 1. The molecule has 2 aromatic carbocycles. The number of hydrogen-bond donors (Lipinski definition) is 2. The first-order chi connectivity index (χ1) is 16.0. The van der Waals surface area contributed by atoms with Crippen molar-refractivity contribution in [1.82, 2.24) is 15.3 Å². The SMILES string of the molecule is Cc1[nH]c(C)c([C@@H]2[C@@H](c3ccccn3)NC(=S)N2c2ccc(Oc3ccccc3)cc2)c1I. The molecule has 1 aliphatic heterocycles. The topological polar surface area (TPSA) is 53.2 Å². The van der Waals surface area contributed by atoms with Gasteiger partial charge in [-0.15, -0.1) is 0 Å². The van der Waals surface area contributed by atoms with Crippen LogP contribution < -0.4 is 15.0 Å². The number of nitrogens with one attached hydrogen (secondary N) is 2. The quantitative estimate of drug-likeness (QED) is 0.211. The van der Waals surface area contributed by atoms with Crippen molar-refractivity contribution in [2.24, 2.45) is 0 Å². The fourth-order valence-electron chi connectivity index (χ4n) is 4.35. The van der Waals surface area contributed by atoms with Crippen LogP contribution >= 0.6 is 34.8 Å². The Bertz CT molecular complexity index is 1280. The Morgan fingerprint density at radius 1 is 0.909 bits per heavy atom. The second-order valence-electron chi connectivity index (χ2n) is 8.01. The van der Waals surface area contributed by atoms with Crippen LogP contribution in [-0.4, -0.2) is 15.1 Å². The van der Waals surface area contributed by atoms with Gasteiger partial charge in [-0.1, -0.05) is 24.3 Å². The summed E-state index contributed by atoms with van der Waals surface area (Å²) in [6, 6.07) is 23.8. The summed E-state index contributed by atoms with van der Waals surface area (Å²) in [5, 5.41) is 4.21. The van der Waals surface area contributed by atoms with Crippen molar-refractivity contribution < 1.29 is 4.74 Å². The van der Waals surface area contributed by atoms with Gasteiger partial charge >= 0.3 is 0 Å². The van der Waals surface area contributed by atoms with Crippen molar-refractivity contribution in [3.05, 3.63) is 105 Å². The Kier molecular flexibility index (Phi) is 6.07. The van der Waals surface area contributed by atoms with Gasteiger partial charge in [-0.25, -0.2) is 0 Å². The van der Waals surface area contributed by atoms with Gasteiger partial charge in [-0.3, -0.25) is 4.98 Å². The summed E-state index contributed by atoms with van der Waals surface area (Å²) >= 11 is 8.28. The molecule has 0 unspecified atom stereocenters. The van der Waals surface area contributed by atoms with E-state index in [2.05, 4.69) is 74.8 Å². The Morgan fingerprint density at radius 2 is 1.61 bits per heavy atom. The van der Waals surface area contributed by atoms with Gasteiger partial charge in [0.1, 0.15) is 11.5 Å². The number of aromatic nitrogens is 2. The van der Waals surface area contributed by atoms with Crippen molar-refractivity contribution in [2.45, 2.75) is 25.9 Å². The van der Waals surface area contributed by atoms with Gasteiger partial charge < -0.3 is 19.9 Å². The van der Waals surface area contributed by atoms with E-state index in [0.29, 0.717) is 5.11 Å². The number of hydrogen-bond acceptors (Lipinski definition) is 3. The number of halogens is 1. The van der Waals surface area contributed by atoms with Gasteiger partial charge in [0.25, 0.3) is 0 Å². The molecule has 33 heavy (non-hydrogen) atoms. The van der Waals surface area contributed by atoms with Crippen LogP contribution in [0.2, 0.25) is 0 Å². The zero-order chi connectivity index (χ0) is 22.9. The smallest absolute Gasteiger partial charge is 0.174 e. The molecule has 2 N–H and O–H groups in total. The van der Waals surface area contributed by atoms with Crippen LogP contribution in [0.1, 0.15) is 34.7 Å². The molecule has 1 aliphatic rings. The number of rotatable bonds is 5. The molecule has 4 aromatic rings. The first-order valence-electron chi connectivity index (χ1n) is 10.7. The first-order valence-corrected chi connectivity index (χ1v) is 12.2. The maximum atomic E-state index is 5.98. The monoisotopic (exact) mass is 566 g/mol. The summed E-state index contributed by atoms with van der Waals surface area (Å²) in [7, 11) is 0. The largest absolute Gasteiger partial charge is 0.457 e. The number of benzene rings is 2. The fraction of sp³-hybridized carbons (Fsp3) is 0.154. The van der Waals surface area contributed by atoms with Crippen molar-refractivity contribution >= 4 is 45.6 Å². The minimum absolute atomic E-state index is 0.0369. The lowest BCUT2D eigenvalue weighted by atomic mass is 9.96. The predicted molar refractivity (Wildman–Crippen MR) is 144 cm³/mol. The van der Waals surface area contributed by atoms with E-state index >= 15 is 0 Å². The number of ether oxygens (including phenoxy) is 1. The molecule has 7 heteroatoms. The van der Waals surface area contributed by atoms with Gasteiger partial charge in [0.2, 0.25) is 0 Å². The van der Waals surface area contributed by atoms with Gasteiger partial charge in [-0.05, 0) is 97.2 Å². The lowest BCUT2D eigenvalue weighted by molar-refractivity contribution is 0.482. The molecular formula is C26H23IN4OS. The molecule has 166 valence electrons. The molecule has 1 saturated heterocycles. The molecule has 0 amide bonds. The highest BCUT2D eigenvalue weighted by molar-refractivity contribution is 14.1. The third kappa shape index (κ3) is 4.22. The second-order valence-corrected chi connectivity index (χ2v) is 9.47. The molecule has 0 saturated carbocycles. The maximum absolute atomic E-state index is 5.98. The first kappa shape index (κ1) is 21.9. The highest BCUT2D eigenvalue weighted by atomic mass is 127. The van der Waals surface area contributed by atoms with E-state index in [1.54, 1.807) is 0 Å². The zero-order valence-electron chi connectivity index (χ0n) is 18.2. The summed E-state index contributed by atoms with van der Waals surface area (Å²) in [5.74, 6) is 1.59. The second kappa shape index (κ2) is 9.15. The number of pyridine rings is 1. The Hall–Kier alpha value is -2.91. The normalized spacial score (nSPS) is 17.8. The summed E-state index contributed by atoms with van der Waals surface area (Å²) in [5.41, 5.74) is 5.51. The summed E-state index contributed by atoms with van der Waals surface area (Å²) in [4.78, 5) is 10.3. The predicted octanol–water partition coefficient (Wildman–Crippen LogP) is 6.60. The van der Waals surface area contributed by atoms with Crippen LogP contribution in [0.5, 0.6) is 11.5 Å². The average Bonchev–Trinajstić information content (AvgIpc) is 3.30. The molecule has 3 heterocycles. The van der Waals surface area contributed by atoms with Crippen LogP contribution in [0, 0.1) is 17.4 Å². The zero-order valence-corrected chi connectivity index (χ0v) is 21.2. The van der Waals surface area contributed by atoms with Gasteiger partial charge in [0, 0.05) is 32.4 Å². The number of thiocarbonyl (C=S) groups is 1. The molecule has 5 rings (SSSR count). The minimum Gasteiger partial charge on any atom is -0.457 e.